The van der Waals surface area contributed by atoms with Crippen LogP contribution < -0.4 is 5.73 Å². The first kappa shape index (κ1) is 10.5. The van der Waals surface area contributed by atoms with Crippen molar-refractivity contribution >= 4 is 0 Å². The second kappa shape index (κ2) is 2.98. The van der Waals surface area contributed by atoms with Crippen molar-refractivity contribution in [2.24, 2.45) is 16.6 Å². The zero-order valence-electron chi connectivity index (χ0n) is 9.39. The number of hydrogen-bond acceptors (Lipinski definition) is 1. The fraction of sp³-hybridized carbons (Fsp3) is 0.667. The van der Waals surface area contributed by atoms with Crippen molar-refractivity contribution < 1.29 is 0 Å². The largest absolute Gasteiger partial charge is 0.324 e. The third-order valence-electron chi connectivity index (χ3n) is 2.74. The molecular weight excluding hydrogens is 158 g/mol. The maximum Gasteiger partial charge on any atom is 0.0314 e. The van der Waals surface area contributed by atoms with Crippen LogP contribution in [0.15, 0.2) is 23.8 Å². The second-order valence-electron chi connectivity index (χ2n) is 5.56. The van der Waals surface area contributed by atoms with Crippen LogP contribution in [0.5, 0.6) is 0 Å². The van der Waals surface area contributed by atoms with Crippen LogP contribution in [0, 0.1) is 10.8 Å². The first-order valence-electron chi connectivity index (χ1n) is 4.90. The fourth-order valence-corrected chi connectivity index (χ4v) is 1.47. The molecule has 13 heavy (non-hydrogen) atoms. The topological polar surface area (TPSA) is 26.0 Å². The SMILES string of the molecule is CC(C)(C)C1=CC(C)(C)C(N)C=C1. The highest BCUT2D eigenvalue weighted by Gasteiger charge is 2.28. The van der Waals surface area contributed by atoms with Crippen LogP contribution in [-0.2, 0) is 0 Å². The summed E-state index contributed by atoms with van der Waals surface area (Å²) >= 11 is 0. The molecule has 1 heteroatoms. The highest BCUT2D eigenvalue weighted by molar-refractivity contribution is 5.33. The first-order chi connectivity index (χ1) is 5.73. The summed E-state index contributed by atoms with van der Waals surface area (Å²) in [4.78, 5) is 0. The molecule has 1 aliphatic rings. The minimum absolute atomic E-state index is 0.0946. The van der Waals surface area contributed by atoms with Crippen molar-refractivity contribution in [2.45, 2.75) is 40.7 Å². The van der Waals surface area contributed by atoms with Gasteiger partial charge < -0.3 is 5.73 Å². The quantitative estimate of drug-likeness (QED) is 0.608. The molecule has 0 fully saturated rings. The molecule has 0 aromatic rings. The Morgan fingerprint density at radius 1 is 1.31 bits per heavy atom. The molecule has 1 nitrogen and oxygen atoms in total. The molecule has 0 saturated heterocycles. The Bertz CT molecular complexity index is 251. The maximum atomic E-state index is 5.99. The van der Waals surface area contributed by atoms with E-state index in [2.05, 4.69) is 52.8 Å². The number of hydrogen-bond donors (Lipinski definition) is 1. The molecule has 0 bridgehead atoms. The minimum Gasteiger partial charge on any atom is -0.324 e. The normalized spacial score (nSPS) is 27.2. The summed E-state index contributed by atoms with van der Waals surface area (Å²) in [5.41, 5.74) is 7.70. The third kappa shape index (κ3) is 2.22. The van der Waals surface area contributed by atoms with Gasteiger partial charge in [0.05, 0.1) is 0 Å². The van der Waals surface area contributed by atoms with Crippen LogP contribution in [-0.4, -0.2) is 6.04 Å². The lowest BCUT2D eigenvalue weighted by Crippen LogP contribution is -2.36. The van der Waals surface area contributed by atoms with E-state index in [1.165, 1.54) is 5.57 Å². The smallest absolute Gasteiger partial charge is 0.0314 e. The Kier molecular flexibility index (Phi) is 2.42. The molecule has 74 valence electrons. The van der Waals surface area contributed by atoms with Gasteiger partial charge in [-0.3, -0.25) is 0 Å². The molecule has 0 aliphatic heterocycles. The van der Waals surface area contributed by atoms with E-state index >= 15 is 0 Å². The minimum atomic E-state index is 0.0946. The van der Waals surface area contributed by atoms with Crippen LogP contribution in [0.2, 0.25) is 0 Å². The first-order valence-corrected chi connectivity index (χ1v) is 4.90. The predicted molar refractivity (Wildman–Crippen MR) is 58.4 cm³/mol. The van der Waals surface area contributed by atoms with E-state index < -0.39 is 0 Å². The Hall–Kier alpha value is -0.560. The van der Waals surface area contributed by atoms with Crippen LogP contribution >= 0.6 is 0 Å². The summed E-state index contributed by atoms with van der Waals surface area (Å²) in [5, 5.41) is 0. The van der Waals surface area contributed by atoms with Gasteiger partial charge in [-0.25, -0.2) is 0 Å². The highest BCUT2D eigenvalue weighted by Crippen LogP contribution is 2.35. The average Bonchev–Trinajstić information content (AvgIpc) is 1.92. The summed E-state index contributed by atoms with van der Waals surface area (Å²) in [6.07, 6.45) is 6.58. The monoisotopic (exact) mass is 179 g/mol. The number of nitrogens with two attached hydrogens (primary N) is 1. The summed E-state index contributed by atoms with van der Waals surface area (Å²) < 4.78 is 0. The van der Waals surface area contributed by atoms with E-state index in [0.717, 1.165) is 0 Å². The van der Waals surface area contributed by atoms with Crippen molar-refractivity contribution in [3.05, 3.63) is 23.8 Å². The molecule has 0 radical (unpaired) electrons. The lowest BCUT2D eigenvalue weighted by Gasteiger charge is -2.34. The van der Waals surface area contributed by atoms with Gasteiger partial charge in [0, 0.05) is 11.5 Å². The van der Waals surface area contributed by atoms with Gasteiger partial charge >= 0.3 is 0 Å². The van der Waals surface area contributed by atoms with Crippen molar-refractivity contribution in [3.8, 4) is 0 Å². The van der Waals surface area contributed by atoms with Gasteiger partial charge in [-0.15, -0.1) is 0 Å². The van der Waals surface area contributed by atoms with E-state index in [4.69, 9.17) is 5.73 Å². The molecule has 0 amide bonds. The molecule has 0 heterocycles. The zero-order chi connectivity index (χ0) is 10.3. The summed E-state index contributed by atoms with van der Waals surface area (Å²) in [5.74, 6) is 0. The lowest BCUT2D eigenvalue weighted by molar-refractivity contribution is 0.398. The van der Waals surface area contributed by atoms with Gasteiger partial charge in [0.15, 0.2) is 0 Å². The Morgan fingerprint density at radius 3 is 2.23 bits per heavy atom. The van der Waals surface area contributed by atoms with Gasteiger partial charge in [-0.05, 0) is 11.0 Å². The molecule has 2 N–H and O–H groups in total. The number of allylic oxidation sites excluding steroid dienone is 2. The van der Waals surface area contributed by atoms with Crippen molar-refractivity contribution in [1.29, 1.82) is 0 Å². The fourth-order valence-electron chi connectivity index (χ4n) is 1.47. The predicted octanol–water partition coefficient (Wildman–Crippen LogP) is 2.88. The van der Waals surface area contributed by atoms with Crippen LogP contribution in [0.1, 0.15) is 34.6 Å². The number of rotatable bonds is 0. The standard InChI is InChI=1S/C12H21N/c1-11(2,3)9-6-7-10(13)12(4,5)8-9/h6-8,10H,13H2,1-5H3. The van der Waals surface area contributed by atoms with Crippen molar-refractivity contribution in [3.63, 3.8) is 0 Å². The molecule has 0 spiro atoms. The molecule has 1 unspecified atom stereocenters. The van der Waals surface area contributed by atoms with E-state index in [1.807, 2.05) is 0 Å². The molecule has 0 aromatic carbocycles. The molecular formula is C12H21N. The maximum absolute atomic E-state index is 5.99. The van der Waals surface area contributed by atoms with Gasteiger partial charge in [-0.1, -0.05) is 52.8 Å². The van der Waals surface area contributed by atoms with Gasteiger partial charge in [0.25, 0.3) is 0 Å². The molecule has 1 rings (SSSR count). The Labute approximate surface area is 81.7 Å². The molecule has 1 atom stereocenters. The van der Waals surface area contributed by atoms with Crippen LogP contribution in [0.4, 0.5) is 0 Å². The Morgan fingerprint density at radius 2 is 1.85 bits per heavy atom. The van der Waals surface area contributed by atoms with Crippen LogP contribution in [0.25, 0.3) is 0 Å². The third-order valence-corrected chi connectivity index (χ3v) is 2.74. The lowest BCUT2D eigenvalue weighted by atomic mass is 9.73. The van der Waals surface area contributed by atoms with Gasteiger partial charge in [-0.2, -0.15) is 0 Å². The van der Waals surface area contributed by atoms with Gasteiger partial charge in [0.1, 0.15) is 0 Å². The van der Waals surface area contributed by atoms with Crippen LogP contribution in [0.3, 0.4) is 0 Å². The Balaban J connectivity index is 2.99. The van der Waals surface area contributed by atoms with Crippen molar-refractivity contribution in [1.82, 2.24) is 0 Å². The van der Waals surface area contributed by atoms with E-state index in [9.17, 15) is 0 Å². The van der Waals surface area contributed by atoms with Crippen molar-refractivity contribution in [2.75, 3.05) is 0 Å². The van der Waals surface area contributed by atoms with E-state index in [1.54, 1.807) is 0 Å². The summed E-state index contributed by atoms with van der Waals surface area (Å²) in [6, 6.07) is 0.151. The second-order valence-corrected chi connectivity index (χ2v) is 5.56. The zero-order valence-corrected chi connectivity index (χ0v) is 9.39. The summed E-state index contributed by atoms with van der Waals surface area (Å²) in [7, 11) is 0. The van der Waals surface area contributed by atoms with E-state index in [0.29, 0.717) is 0 Å². The molecule has 0 aromatic heterocycles. The molecule has 1 aliphatic carbocycles. The average molecular weight is 179 g/mol. The van der Waals surface area contributed by atoms with Gasteiger partial charge in [0.2, 0.25) is 0 Å². The highest BCUT2D eigenvalue weighted by atomic mass is 14.7. The summed E-state index contributed by atoms with van der Waals surface area (Å²) in [6.45, 7) is 11.1. The van der Waals surface area contributed by atoms with E-state index in [-0.39, 0.29) is 16.9 Å². The molecule has 0 saturated carbocycles.